The first-order chi connectivity index (χ1) is 10.1. The number of hydrogen-bond donors (Lipinski definition) is 2. The van der Waals surface area contributed by atoms with Gasteiger partial charge in [-0.15, -0.1) is 10.2 Å². The summed E-state index contributed by atoms with van der Waals surface area (Å²) in [5.74, 6) is 0.619. The average molecular weight is 409 g/mol. The van der Waals surface area contributed by atoms with Crippen LogP contribution < -0.4 is 5.73 Å². The van der Waals surface area contributed by atoms with Gasteiger partial charge in [0.05, 0.1) is 12.0 Å². The first kappa shape index (κ1) is 12.7. The van der Waals surface area contributed by atoms with Gasteiger partial charge in [0.25, 0.3) is 0 Å². The van der Waals surface area contributed by atoms with Crippen LogP contribution in [-0.2, 0) is 0 Å². The maximum atomic E-state index is 6.14. The van der Waals surface area contributed by atoms with Gasteiger partial charge in [-0.05, 0) is 28.1 Å². The monoisotopic (exact) mass is 407 g/mol. The van der Waals surface area contributed by atoms with Crippen molar-refractivity contribution in [2.24, 2.45) is 0 Å². The van der Waals surface area contributed by atoms with E-state index in [0.29, 0.717) is 22.8 Å². The molecule has 0 radical (unpaired) electrons. The van der Waals surface area contributed by atoms with Gasteiger partial charge in [0.1, 0.15) is 11.8 Å². The molecule has 0 amide bonds. The Hall–Kier alpha value is -2.00. The molecule has 0 aliphatic rings. The summed E-state index contributed by atoms with van der Waals surface area (Å²) in [4.78, 5) is 11.4. The molecule has 4 rings (SSSR count). The Balaban J connectivity index is 2.07. The number of halogens is 2. The van der Waals surface area contributed by atoms with E-state index in [4.69, 9.17) is 5.73 Å². The van der Waals surface area contributed by atoms with Crippen LogP contribution in [-0.4, -0.2) is 29.5 Å². The minimum Gasteiger partial charge on any atom is -0.397 e. The molecule has 0 bridgehead atoms. The van der Waals surface area contributed by atoms with Gasteiger partial charge in [-0.3, -0.25) is 4.40 Å². The van der Waals surface area contributed by atoms with Crippen molar-refractivity contribution < 1.29 is 0 Å². The highest BCUT2D eigenvalue weighted by atomic mass is 79.9. The van der Waals surface area contributed by atoms with E-state index < -0.39 is 0 Å². The van der Waals surface area contributed by atoms with Crippen molar-refractivity contribution in [1.82, 2.24) is 29.5 Å². The predicted octanol–water partition coefficient (Wildman–Crippen LogP) is 2.77. The molecule has 7 nitrogen and oxygen atoms in total. The van der Waals surface area contributed by atoms with E-state index in [0.717, 1.165) is 20.0 Å². The molecule has 3 N–H and O–H groups in total. The Morgan fingerprint density at radius 1 is 1.14 bits per heavy atom. The van der Waals surface area contributed by atoms with E-state index in [1.54, 1.807) is 17.1 Å². The predicted molar refractivity (Wildman–Crippen MR) is 85.7 cm³/mol. The average Bonchev–Trinajstić information content (AvgIpc) is 3.07. The summed E-state index contributed by atoms with van der Waals surface area (Å²) in [6.07, 6.45) is 3.22. The molecular weight excluding hydrogens is 402 g/mol. The Kier molecular flexibility index (Phi) is 2.73. The fraction of sp³-hybridized carbons (Fsp3) is 0. The summed E-state index contributed by atoms with van der Waals surface area (Å²) in [7, 11) is 0. The third kappa shape index (κ3) is 1.84. The maximum Gasteiger partial charge on any atom is 0.190 e. The molecule has 104 valence electrons. The van der Waals surface area contributed by atoms with Crippen LogP contribution in [0.3, 0.4) is 0 Å². The number of H-pyrrole nitrogens is 1. The molecule has 0 fully saturated rings. The van der Waals surface area contributed by atoms with Crippen molar-refractivity contribution in [3.8, 4) is 11.4 Å². The molecular formula is C12H7Br2N7. The molecule has 0 spiro atoms. The van der Waals surface area contributed by atoms with Crippen LogP contribution in [0.4, 0.5) is 5.69 Å². The highest BCUT2D eigenvalue weighted by Crippen LogP contribution is 2.34. The Labute approximate surface area is 134 Å². The summed E-state index contributed by atoms with van der Waals surface area (Å²) in [6, 6.07) is 3.78. The number of fused-ring (bicyclic) bond motifs is 3. The number of benzene rings is 1. The standard InChI is InChI=1S/C12H7Br2N7/c13-5-1-6(8(15)7(14)2-5)11-19-20-12-9-10(17-3-16-9)18-4-21(11)12/h1-4H,15H2,(H,16,17). The van der Waals surface area contributed by atoms with Gasteiger partial charge >= 0.3 is 0 Å². The van der Waals surface area contributed by atoms with E-state index in [9.17, 15) is 0 Å². The van der Waals surface area contributed by atoms with Gasteiger partial charge in [-0.1, -0.05) is 15.9 Å². The molecule has 21 heavy (non-hydrogen) atoms. The number of nitrogen functional groups attached to an aromatic ring is 1. The van der Waals surface area contributed by atoms with Crippen molar-refractivity contribution in [3.63, 3.8) is 0 Å². The number of rotatable bonds is 1. The zero-order valence-corrected chi connectivity index (χ0v) is 13.6. The minimum atomic E-state index is 0.595. The van der Waals surface area contributed by atoms with Crippen molar-refractivity contribution in [1.29, 1.82) is 0 Å². The van der Waals surface area contributed by atoms with E-state index in [1.807, 2.05) is 12.1 Å². The molecule has 0 atom stereocenters. The lowest BCUT2D eigenvalue weighted by molar-refractivity contribution is 1.09. The van der Waals surface area contributed by atoms with E-state index in [2.05, 4.69) is 57.0 Å². The molecule has 0 saturated carbocycles. The lowest BCUT2D eigenvalue weighted by Crippen LogP contribution is -1.97. The molecule has 1 aromatic carbocycles. The second-order valence-corrected chi connectivity index (χ2v) is 6.18. The lowest BCUT2D eigenvalue weighted by Gasteiger charge is -2.07. The summed E-state index contributed by atoms with van der Waals surface area (Å²) >= 11 is 6.89. The SMILES string of the molecule is Nc1c(Br)cc(Br)cc1-c1nnc2c3[nH]cnc3ncn12. The summed E-state index contributed by atoms with van der Waals surface area (Å²) in [6.45, 7) is 0. The number of nitrogens with two attached hydrogens (primary N) is 1. The summed E-state index contributed by atoms with van der Waals surface area (Å²) in [5, 5.41) is 8.45. The van der Waals surface area contributed by atoms with Crippen LogP contribution in [0.15, 0.2) is 33.7 Å². The van der Waals surface area contributed by atoms with Gasteiger partial charge in [-0.25, -0.2) is 9.97 Å². The number of hydrogen-bond acceptors (Lipinski definition) is 5. The quantitative estimate of drug-likeness (QED) is 0.472. The highest BCUT2D eigenvalue weighted by Gasteiger charge is 2.16. The number of aromatic nitrogens is 6. The molecule has 4 aromatic rings. The Bertz CT molecular complexity index is 988. The highest BCUT2D eigenvalue weighted by molar-refractivity contribution is 9.11. The van der Waals surface area contributed by atoms with Gasteiger partial charge in [0, 0.05) is 14.5 Å². The third-order valence-electron chi connectivity index (χ3n) is 3.17. The fourth-order valence-electron chi connectivity index (χ4n) is 2.19. The number of anilines is 1. The Morgan fingerprint density at radius 3 is 2.86 bits per heavy atom. The largest absolute Gasteiger partial charge is 0.397 e. The smallest absolute Gasteiger partial charge is 0.190 e. The van der Waals surface area contributed by atoms with Crippen molar-refractivity contribution in [3.05, 3.63) is 33.7 Å². The maximum absolute atomic E-state index is 6.14. The number of nitrogens with one attached hydrogen (secondary N) is 1. The topological polar surface area (TPSA) is 97.8 Å². The lowest BCUT2D eigenvalue weighted by atomic mass is 10.1. The van der Waals surface area contributed by atoms with Gasteiger partial charge in [-0.2, -0.15) is 0 Å². The van der Waals surface area contributed by atoms with Crippen LogP contribution >= 0.6 is 31.9 Å². The van der Waals surface area contributed by atoms with E-state index >= 15 is 0 Å². The molecule has 9 heteroatoms. The first-order valence-electron chi connectivity index (χ1n) is 5.93. The van der Waals surface area contributed by atoms with Gasteiger partial charge < -0.3 is 10.7 Å². The van der Waals surface area contributed by atoms with Gasteiger partial charge in [0.2, 0.25) is 0 Å². The molecule has 0 aliphatic heterocycles. The summed E-state index contributed by atoms with van der Waals surface area (Å²) < 4.78 is 3.47. The third-order valence-corrected chi connectivity index (χ3v) is 4.28. The molecule has 3 heterocycles. The van der Waals surface area contributed by atoms with Crippen LogP contribution in [0.25, 0.3) is 28.2 Å². The number of aromatic amines is 1. The van der Waals surface area contributed by atoms with Crippen molar-refractivity contribution >= 4 is 54.4 Å². The molecule has 0 unspecified atom stereocenters. The summed E-state index contributed by atoms with van der Waals surface area (Å²) in [5.41, 5.74) is 9.50. The Morgan fingerprint density at radius 2 is 2.00 bits per heavy atom. The number of nitrogens with zero attached hydrogens (tertiary/aromatic N) is 5. The first-order valence-corrected chi connectivity index (χ1v) is 7.51. The van der Waals surface area contributed by atoms with Crippen molar-refractivity contribution in [2.45, 2.75) is 0 Å². The van der Waals surface area contributed by atoms with E-state index in [-0.39, 0.29) is 0 Å². The normalized spacial score (nSPS) is 11.5. The zero-order chi connectivity index (χ0) is 14.6. The fourth-order valence-corrected chi connectivity index (χ4v) is 3.41. The van der Waals surface area contributed by atoms with Crippen LogP contribution in [0.1, 0.15) is 0 Å². The zero-order valence-electron chi connectivity index (χ0n) is 10.4. The number of imidazole rings is 1. The van der Waals surface area contributed by atoms with E-state index in [1.165, 1.54) is 0 Å². The second-order valence-electron chi connectivity index (χ2n) is 4.41. The molecule has 0 saturated heterocycles. The van der Waals surface area contributed by atoms with Crippen LogP contribution in [0.5, 0.6) is 0 Å². The van der Waals surface area contributed by atoms with Crippen LogP contribution in [0, 0.1) is 0 Å². The molecule has 3 aromatic heterocycles. The second kappa shape index (κ2) is 4.50. The van der Waals surface area contributed by atoms with Gasteiger partial charge in [0.15, 0.2) is 17.1 Å². The molecule has 0 aliphatic carbocycles. The van der Waals surface area contributed by atoms with Crippen LogP contribution in [0.2, 0.25) is 0 Å². The minimum absolute atomic E-state index is 0.595. The van der Waals surface area contributed by atoms with Crippen molar-refractivity contribution in [2.75, 3.05) is 5.73 Å².